The van der Waals surface area contributed by atoms with E-state index < -0.39 is 0 Å². The highest BCUT2D eigenvalue weighted by molar-refractivity contribution is 5.75. The molecule has 1 aliphatic carbocycles. The number of carbonyl (C=O) groups excluding carboxylic acids is 1. The second kappa shape index (κ2) is 5.50. The third-order valence-electron chi connectivity index (χ3n) is 3.51. The van der Waals surface area contributed by atoms with Crippen LogP contribution in [0.15, 0.2) is 0 Å². The number of amides is 1. The molecule has 0 radical (unpaired) electrons. The summed E-state index contributed by atoms with van der Waals surface area (Å²) in [6.07, 6.45) is 6.97. The molecule has 2 rings (SSSR count). The van der Waals surface area contributed by atoms with Crippen LogP contribution in [0.2, 0.25) is 0 Å². The van der Waals surface area contributed by atoms with E-state index in [2.05, 4.69) is 10.6 Å². The Bertz CT molecular complexity index is 208. The first-order valence-electron chi connectivity index (χ1n) is 6.32. The van der Waals surface area contributed by atoms with E-state index in [0.717, 1.165) is 44.3 Å². The van der Waals surface area contributed by atoms with Crippen LogP contribution in [-0.4, -0.2) is 25.5 Å². The van der Waals surface area contributed by atoms with Gasteiger partial charge in [0.15, 0.2) is 0 Å². The first kappa shape index (κ1) is 10.9. The second-order valence-electron chi connectivity index (χ2n) is 4.98. The Hall–Kier alpha value is -0.570. The van der Waals surface area contributed by atoms with Gasteiger partial charge in [-0.1, -0.05) is 12.8 Å². The minimum Gasteiger partial charge on any atom is -0.356 e. The molecule has 2 N–H and O–H groups in total. The molecule has 1 unspecified atom stereocenters. The van der Waals surface area contributed by atoms with Crippen molar-refractivity contribution in [3.8, 4) is 0 Å². The molecule has 86 valence electrons. The topological polar surface area (TPSA) is 41.1 Å². The molecule has 2 aliphatic rings. The number of hydrogen-bond donors (Lipinski definition) is 2. The van der Waals surface area contributed by atoms with Crippen molar-refractivity contribution in [1.29, 1.82) is 0 Å². The molecular weight excluding hydrogens is 188 g/mol. The van der Waals surface area contributed by atoms with E-state index in [-0.39, 0.29) is 5.91 Å². The molecule has 0 aromatic carbocycles. The number of rotatable bonds is 6. The Morgan fingerprint density at radius 2 is 2.07 bits per heavy atom. The summed E-state index contributed by atoms with van der Waals surface area (Å²) in [5, 5.41) is 6.35. The lowest BCUT2D eigenvalue weighted by atomic mass is 10.0. The Kier molecular flexibility index (Phi) is 4.01. The van der Waals surface area contributed by atoms with Gasteiger partial charge in [-0.05, 0) is 44.2 Å². The van der Waals surface area contributed by atoms with Crippen molar-refractivity contribution >= 4 is 5.91 Å². The fourth-order valence-corrected chi connectivity index (χ4v) is 2.21. The molecule has 0 aromatic rings. The van der Waals surface area contributed by atoms with Crippen LogP contribution >= 0.6 is 0 Å². The van der Waals surface area contributed by atoms with Crippen LogP contribution in [0.5, 0.6) is 0 Å². The molecule has 0 bridgehead atoms. The van der Waals surface area contributed by atoms with E-state index in [0.29, 0.717) is 0 Å². The van der Waals surface area contributed by atoms with Crippen LogP contribution in [0, 0.1) is 11.8 Å². The monoisotopic (exact) mass is 210 g/mol. The zero-order valence-corrected chi connectivity index (χ0v) is 9.43. The smallest absolute Gasteiger partial charge is 0.220 e. The Balaban J connectivity index is 1.47. The van der Waals surface area contributed by atoms with Crippen LogP contribution in [0.1, 0.15) is 38.5 Å². The van der Waals surface area contributed by atoms with E-state index in [9.17, 15) is 4.79 Å². The molecule has 1 saturated heterocycles. The van der Waals surface area contributed by atoms with Crippen molar-refractivity contribution in [2.45, 2.75) is 38.5 Å². The number of carbonyl (C=O) groups is 1. The Morgan fingerprint density at radius 3 is 2.73 bits per heavy atom. The van der Waals surface area contributed by atoms with Crippen molar-refractivity contribution in [2.75, 3.05) is 19.6 Å². The van der Waals surface area contributed by atoms with Crippen molar-refractivity contribution < 1.29 is 4.79 Å². The summed E-state index contributed by atoms with van der Waals surface area (Å²) in [5.74, 6) is 1.91. The predicted molar refractivity (Wildman–Crippen MR) is 60.6 cm³/mol. The molecule has 2 fully saturated rings. The van der Waals surface area contributed by atoms with E-state index in [4.69, 9.17) is 0 Å². The largest absolute Gasteiger partial charge is 0.356 e. The Morgan fingerprint density at radius 1 is 1.20 bits per heavy atom. The van der Waals surface area contributed by atoms with Gasteiger partial charge in [-0.2, -0.15) is 0 Å². The summed E-state index contributed by atoms with van der Waals surface area (Å²) in [6.45, 7) is 3.13. The van der Waals surface area contributed by atoms with Gasteiger partial charge in [0, 0.05) is 13.0 Å². The highest BCUT2D eigenvalue weighted by Crippen LogP contribution is 2.31. The zero-order valence-electron chi connectivity index (χ0n) is 9.43. The van der Waals surface area contributed by atoms with Crippen LogP contribution in [0.4, 0.5) is 0 Å². The molecule has 1 heterocycles. The van der Waals surface area contributed by atoms with Gasteiger partial charge in [-0.3, -0.25) is 4.79 Å². The van der Waals surface area contributed by atoms with E-state index in [1.807, 2.05) is 0 Å². The lowest BCUT2D eigenvalue weighted by Crippen LogP contribution is -2.25. The van der Waals surface area contributed by atoms with Crippen LogP contribution in [0.25, 0.3) is 0 Å². The van der Waals surface area contributed by atoms with Crippen molar-refractivity contribution in [1.82, 2.24) is 10.6 Å². The minimum atomic E-state index is 0.252. The molecule has 3 nitrogen and oxygen atoms in total. The van der Waals surface area contributed by atoms with E-state index in [1.54, 1.807) is 0 Å². The predicted octanol–water partition coefficient (Wildman–Crippen LogP) is 1.29. The fourth-order valence-electron chi connectivity index (χ4n) is 2.21. The van der Waals surface area contributed by atoms with Gasteiger partial charge in [0.2, 0.25) is 5.91 Å². The van der Waals surface area contributed by atoms with Gasteiger partial charge >= 0.3 is 0 Å². The van der Waals surface area contributed by atoms with Crippen LogP contribution < -0.4 is 10.6 Å². The highest BCUT2D eigenvalue weighted by atomic mass is 16.1. The fraction of sp³-hybridized carbons (Fsp3) is 0.917. The molecule has 3 heteroatoms. The summed E-state index contributed by atoms with van der Waals surface area (Å²) < 4.78 is 0. The minimum absolute atomic E-state index is 0.252. The van der Waals surface area contributed by atoms with E-state index in [1.165, 1.54) is 25.7 Å². The molecule has 1 aliphatic heterocycles. The van der Waals surface area contributed by atoms with E-state index >= 15 is 0 Å². The maximum absolute atomic E-state index is 11.5. The number of nitrogens with one attached hydrogen (secondary N) is 2. The van der Waals surface area contributed by atoms with Gasteiger partial charge in [0.05, 0.1) is 0 Å². The van der Waals surface area contributed by atoms with Crippen molar-refractivity contribution in [3.05, 3.63) is 0 Å². The van der Waals surface area contributed by atoms with Crippen LogP contribution in [-0.2, 0) is 4.79 Å². The third kappa shape index (κ3) is 4.20. The van der Waals surface area contributed by atoms with Crippen LogP contribution in [0.3, 0.4) is 0 Å². The summed E-state index contributed by atoms with van der Waals surface area (Å²) >= 11 is 0. The summed E-state index contributed by atoms with van der Waals surface area (Å²) in [7, 11) is 0. The van der Waals surface area contributed by atoms with Gasteiger partial charge in [-0.25, -0.2) is 0 Å². The molecule has 0 aromatic heterocycles. The standard InChI is InChI=1S/C12H22N2O/c15-12(14-8-6-10-1-2-10)4-3-11-5-7-13-9-11/h10-11,13H,1-9H2,(H,14,15). The van der Waals surface area contributed by atoms with Gasteiger partial charge in [-0.15, -0.1) is 0 Å². The molecular formula is C12H22N2O. The summed E-state index contributed by atoms with van der Waals surface area (Å²) in [5.41, 5.74) is 0. The molecule has 1 atom stereocenters. The normalized spacial score (nSPS) is 25.5. The molecule has 15 heavy (non-hydrogen) atoms. The quantitative estimate of drug-likeness (QED) is 0.693. The average molecular weight is 210 g/mol. The number of hydrogen-bond acceptors (Lipinski definition) is 2. The SMILES string of the molecule is O=C(CCC1CCNC1)NCCC1CC1. The maximum Gasteiger partial charge on any atom is 0.220 e. The molecule has 1 saturated carbocycles. The average Bonchev–Trinajstić information content (AvgIpc) is 2.91. The lowest BCUT2D eigenvalue weighted by Gasteiger charge is -2.08. The van der Waals surface area contributed by atoms with Gasteiger partial charge < -0.3 is 10.6 Å². The van der Waals surface area contributed by atoms with Crippen molar-refractivity contribution in [3.63, 3.8) is 0 Å². The third-order valence-corrected chi connectivity index (χ3v) is 3.51. The lowest BCUT2D eigenvalue weighted by molar-refractivity contribution is -0.121. The molecule has 1 amide bonds. The van der Waals surface area contributed by atoms with Gasteiger partial charge in [0.25, 0.3) is 0 Å². The Labute approximate surface area is 92.0 Å². The first-order chi connectivity index (χ1) is 7.34. The zero-order chi connectivity index (χ0) is 10.5. The van der Waals surface area contributed by atoms with Crippen molar-refractivity contribution in [2.24, 2.45) is 11.8 Å². The highest BCUT2D eigenvalue weighted by Gasteiger charge is 2.20. The summed E-state index contributed by atoms with van der Waals surface area (Å²) in [4.78, 5) is 11.5. The maximum atomic E-state index is 11.5. The summed E-state index contributed by atoms with van der Waals surface area (Å²) in [6, 6.07) is 0. The van der Waals surface area contributed by atoms with Gasteiger partial charge in [0.1, 0.15) is 0 Å². The second-order valence-corrected chi connectivity index (χ2v) is 4.98. The first-order valence-corrected chi connectivity index (χ1v) is 6.32. The molecule has 0 spiro atoms.